The normalized spacial score (nSPS) is 15.0. The number of allylic oxidation sites excluding steroid dienone is 21. The Kier molecular flexibility index (Phi) is 48.1. The fourth-order valence-electron chi connectivity index (χ4n) is 7.02. The van der Waals surface area contributed by atoms with E-state index in [1.807, 2.05) is 27.2 Å². The van der Waals surface area contributed by atoms with Crippen molar-refractivity contribution in [3.63, 3.8) is 0 Å². The van der Waals surface area contributed by atoms with Gasteiger partial charge >= 0.3 is 0 Å². The van der Waals surface area contributed by atoms with Crippen LogP contribution in [0.25, 0.3) is 0 Å². The second-order valence-electron chi connectivity index (χ2n) is 19.2. The minimum Gasteiger partial charge on any atom is -0.756 e. The number of quaternary nitrogens is 1. The SMILES string of the molecule is CC/C=C\C/C=C\C/C=C\C/C=C\C/C=C\C/C=C\C/C=C\C/C=C\CCCCCCC(=O)NC(COP(=O)([O-])OCC[N+](C)(C)C)C(O)/C=C/CC/C=C/CC/C=C/CCCCCCCCCCC. The maximum Gasteiger partial charge on any atom is 0.268 e. The first-order chi connectivity index (χ1) is 34.0. The van der Waals surface area contributed by atoms with Gasteiger partial charge in [0.1, 0.15) is 13.2 Å². The van der Waals surface area contributed by atoms with E-state index in [1.54, 1.807) is 6.08 Å². The summed E-state index contributed by atoms with van der Waals surface area (Å²) in [6.07, 6.45) is 76.6. The van der Waals surface area contributed by atoms with E-state index >= 15 is 0 Å². The Bertz CT molecular complexity index is 1590. The lowest BCUT2D eigenvalue weighted by Gasteiger charge is -2.29. The third kappa shape index (κ3) is 52.5. The number of hydrogen-bond acceptors (Lipinski definition) is 6. The summed E-state index contributed by atoms with van der Waals surface area (Å²) in [6, 6.07) is -0.935. The number of nitrogens with zero attached hydrogens (tertiary/aromatic N) is 1. The number of aliphatic hydroxyl groups is 1. The Hall–Kier alpha value is -3.36. The zero-order valence-electron chi connectivity index (χ0n) is 45.2. The van der Waals surface area contributed by atoms with E-state index in [9.17, 15) is 19.4 Å². The van der Waals surface area contributed by atoms with Gasteiger partial charge < -0.3 is 28.8 Å². The molecule has 0 aliphatic rings. The number of carbonyl (C=O) groups excluding carboxylic acids is 1. The lowest BCUT2D eigenvalue weighted by Crippen LogP contribution is -2.45. The molecule has 0 aromatic heterocycles. The zero-order chi connectivity index (χ0) is 51.3. The second kappa shape index (κ2) is 50.6. The maximum absolute atomic E-state index is 12.9. The number of hydrogen-bond donors (Lipinski definition) is 2. The molecule has 0 fully saturated rings. The fourth-order valence-corrected chi connectivity index (χ4v) is 7.74. The van der Waals surface area contributed by atoms with Crippen LogP contribution < -0.4 is 10.2 Å². The second-order valence-corrected chi connectivity index (χ2v) is 20.6. The Morgan fingerprint density at radius 1 is 0.514 bits per heavy atom. The number of amides is 1. The lowest BCUT2D eigenvalue weighted by molar-refractivity contribution is -0.870. The number of aliphatic hydroxyl groups excluding tert-OH is 1. The molecule has 2 N–H and O–H groups in total. The molecule has 0 bridgehead atoms. The third-order valence-corrected chi connectivity index (χ3v) is 12.3. The number of unbranched alkanes of at least 4 members (excludes halogenated alkanes) is 15. The van der Waals surface area contributed by atoms with Crippen LogP contribution in [0, 0.1) is 0 Å². The summed E-state index contributed by atoms with van der Waals surface area (Å²) < 4.78 is 23.3. The van der Waals surface area contributed by atoms with Gasteiger partial charge in [-0.1, -0.05) is 212 Å². The quantitative estimate of drug-likeness (QED) is 0.0272. The topological polar surface area (TPSA) is 108 Å². The van der Waals surface area contributed by atoms with Crippen LogP contribution in [0.1, 0.15) is 194 Å². The van der Waals surface area contributed by atoms with Gasteiger partial charge in [0.15, 0.2) is 0 Å². The molecule has 70 heavy (non-hydrogen) atoms. The Morgan fingerprint density at radius 3 is 1.33 bits per heavy atom. The van der Waals surface area contributed by atoms with E-state index in [0.717, 1.165) is 96.3 Å². The number of nitrogens with one attached hydrogen (secondary N) is 1. The standard InChI is InChI=1S/C61H103N2O6P/c1-6-8-10-12-14-16-18-20-22-24-26-27-28-29-30-31-32-33-34-35-37-39-41-43-45-47-49-51-53-55-61(65)62-59(58-69-70(66,67)68-57-56-63(3,4)5)60(64)54-52-50-48-46-44-42-40-38-36-25-23-21-19-17-15-13-11-9-7-2/h8,10,14,16,20,22,26-27,29-30,32-33,35-38,41,43-44,46,52,54,59-60,64H,6-7,9,11-13,15,17-19,21,23-25,28,31,34,39-40,42,45,47-51,53,55-58H2,1-5H3,(H-,62,65,66,67)/b10-8-,16-14-,22-20-,27-26-,30-29-,33-32-,37-35-,38-36+,43-41-,46-44+,54-52+. The average molecular weight is 991 g/mol. The van der Waals surface area contributed by atoms with E-state index in [4.69, 9.17) is 9.05 Å². The summed E-state index contributed by atoms with van der Waals surface area (Å²) in [5, 5.41) is 13.8. The first-order valence-electron chi connectivity index (χ1n) is 27.5. The van der Waals surface area contributed by atoms with Crippen molar-refractivity contribution in [3.8, 4) is 0 Å². The summed E-state index contributed by atoms with van der Waals surface area (Å²) in [6.45, 7) is 4.46. The summed E-state index contributed by atoms with van der Waals surface area (Å²) in [7, 11) is 1.19. The van der Waals surface area contributed by atoms with E-state index in [-0.39, 0.29) is 12.5 Å². The van der Waals surface area contributed by atoms with Gasteiger partial charge in [-0.25, -0.2) is 0 Å². The minimum absolute atomic E-state index is 0.0223. The molecule has 0 aromatic rings. The molecule has 398 valence electrons. The fraction of sp³-hybridized carbons (Fsp3) is 0.623. The van der Waals surface area contributed by atoms with Crippen molar-refractivity contribution in [2.24, 2.45) is 0 Å². The van der Waals surface area contributed by atoms with Crippen molar-refractivity contribution in [1.29, 1.82) is 0 Å². The Morgan fingerprint density at radius 2 is 0.886 bits per heavy atom. The first-order valence-corrected chi connectivity index (χ1v) is 29.0. The predicted octanol–water partition coefficient (Wildman–Crippen LogP) is 16.1. The van der Waals surface area contributed by atoms with Crippen molar-refractivity contribution in [2.75, 3.05) is 40.9 Å². The van der Waals surface area contributed by atoms with E-state index < -0.39 is 26.6 Å². The van der Waals surface area contributed by atoms with Crippen LogP contribution in [0.2, 0.25) is 0 Å². The van der Waals surface area contributed by atoms with Crippen LogP contribution in [-0.2, 0) is 18.4 Å². The van der Waals surface area contributed by atoms with Gasteiger partial charge in [-0.2, -0.15) is 0 Å². The predicted molar refractivity (Wildman–Crippen MR) is 302 cm³/mol. The van der Waals surface area contributed by atoms with Crippen molar-refractivity contribution in [1.82, 2.24) is 5.32 Å². The van der Waals surface area contributed by atoms with Crippen molar-refractivity contribution in [2.45, 2.75) is 206 Å². The Balaban J connectivity index is 4.42. The molecule has 9 heteroatoms. The zero-order valence-corrected chi connectivity index (χ0v) is 46.1. The van der Waals surface area contributed by atoms with Gasteiger partial charge in [-0.15, -0.1) is 0 Å². The minimum atomic E-state index is -4.63. The van der Waals surface area contributed by atoms with Crippen LogP contribution in [0.15, 0.2) is 134 Å². The highest BCUT2D eigenvalue weighted by Gasteiger charge is 2.23. The highest BCUT2D eigenvalue weighted by atomic mass is 31.2. The monoisotopic (exact) mass is 991 g/mol. The van der Waals surface area contributed by atoms with E-state index in [2.05, 4.69) is 141 Å². The van der Waals surface area contributed by atoms with Gasteiger partial charge in [0.05, 0.1) is 39.9 Å². The van der Waals surface area contributed by atoms with Crippen LogP contribution >= 0.6 is 7.82 Å². The molecule has 0 saturated carbocycles. The smallest absolute Gasteiger partial charge is 0.268 e. The summed E-state index contributed by atoms with van der Waals surface area (Å²) in [5.41, 5.74) is 0. The lowest BCUT2D eigenvalue weighted by atomic mass is 10.1. The molecule has 0 rings (SSSR count). The number of carbonyl (C=O) groups is 1. The molecule has 0 heterocycles. The number of rotatable bonds is 48. The average Bonchev–Trinajstić information content (AvgIpc) is 3.32. The molecule has 8 nitrogen and oxygen atoms in total. The van der Waals surface area contributed by atoms with Crippen molar-refractivity contribution < 1.29 is 32.9 Å². The number of phosphoric acid groups is 1. The maximum atomic E-state index is 12.9. The molecule has 0 aliphatic carbocycles. The van der Waals surface area contributed by atoms with Gasteiger partial charge in [-0.05, 0) is 109 Å². The van der Waals surface area contributed by atoms with Gasteiger partial charge in [-0.3, -0.25) is 9.36 Å². The molecular formula is C61H103N2O6P. The summed E-state index contributed by atoms with van der Waals surface area (Å²) in [4.78, 5) is 25.5. The molecule has 0 radical (unpaired) electrons. The first kappa shape index (κ1) is 66.6. The highest BCUT2D eigenvalue weighted by Crippen LogP contribution is 2.38. The highest BCUT2D eigenvalue weighted by molar-refractivity contribution is 7.45. The van der Waals surface area contributed by atoms with Crippen LogP contribution in [0.3, 0.4) is 0 Å². The van der Waals surface area contributed by atoms with Crippen molar-refractivity contribution in [3.05, 3.63) is 134 Å². The molecule has 0 aliphatic heterocycles. The largest absolute Gasteiger partial charge is 0.756 e. The molecule has 1 amide bonds. The van der Waals surface area contributed by atoms with Gasteiger partial charge in [0.25, 0.3) is 7.82 Å². The van der Waals surface area contributed by atoms with Gasteiger partial charge in [0.2, 0.25) is 5.91 Å². The van der Waals surface area contributed by atoms with Crippen LogP contribution in [0.5, 0.6) is 0 Å². The van der Waals surface area contributed by atoms with Gasteiger partial charge in [0, 0.05) is 6.42 Å². The molecule has 0 spiro atoms. The van der Waals surface area contributed by atoms with Crippen LogP contribution in [0.4, 0.5) is 0 Å². The van der Waals surface area contributed by atoms with Crippen molar-refractivity contribution >= 4 is 13.7 Å². The van der Waals surface area contributed by atoms with E-state index in [0.29, 0.717) is 30.3 Å². The number of phosphoric ester groups is 1. The summed E-state index contributed by atoms with van der Waals surface area (Å²) >= 11 is 0. The molecule has 0 aromatic carbocycles. The Labute approximate surface area is 430 Å². The number of likely N-dealkylation sites (N-methyl/N-ethyl adjacent to an activating group) is 1. The van der Waals surface area contributed by atoms with Crippen LogP contribution in [-0.4, -0.2) is 68.5 Å². The third-order valence-electron chi connectivity index (χ3n) is 11.3. The molecule has 0 saturated heterocycles. The molecule has 3 unspecified atom stereocenters. The molecular weight excluding hydrogens is 888 g/mol. The van der Waals surface area contributed by atoms with E-state index in [1.165, 1.54) is 64.2 Å². The summed E-state index contributed by atoms with van der Waals surface area (Å²) in [5.74, 6) is -0.242. The molecule has 3 atom stereocenters.